The summed E-state index contributed by atoms with van der Waals surface area (Å²) >= 11 is 0. The van der Waals surface area contributed by atoms with E-state index < -0.39 is 0 Å². The molecule has 1 aromatic rings. The number of fused-ring (bicyclic) bond motifs is 1. The van der Waals surface area contributed by atoms with Crippen molar-refractivity contribution in [2.24, 2.45) is 5.73 Å². The van der Waals surface area contributed by atoms with Crippen molar-refractivity contribution in [2.75, 3.05) is 26.9 Å². The molecule has 0 saturated heterocycles. The van der Waals surface area contributed by atoms with Crippen molar-refractivity contribution in [1.82, 2.24) is 0 Å². The maximum Gasteiger partial charge on any atom is 0.167 e. The van der Waals surface area contributed by atoms with Gasteiger partial charge in [-0.25, -0.2) is 0 Å². The highest BCUT2D eigenvalue weighted by atomic mass is 16.6. The summed E-state index contributed by atoms with van der Waals surface area (Å²) in [6.07, 6.45) is 0.748. The molecule has 16 heavy (non-hydrogen) atoms. The Balaban J connectivity index is 2.31. The predicted molar refractivity (Wildman–Crippen MR) is 60.9 cm³/mol. The zero-order valence-corrected chi connectivity index (χ0v) is 9.44. The summed E-state index contributed by atoms with van der Waals surface area (Å²) in [7, 11) is 1.68. The molecule has 0 bridgehead atoms. The molecule has 2 N–H and O–H groups in total. The van der Waals surface area contributed by atoms with E-state index in [-0.39, 0.29) is 6.10 Å². The molecule has 88 valence electrons. The quantitative estimate of drug-likeness (QED) is 0.840. The third kappa shape index (κ3) is 2.13. The van der Waals surface area contributed by atoms with Gasteiger partial charge in [0, 0.05) is 12.7 Å². The average molecular weight is 223 g/mol. The van der Waals surface area contributed by atoms with Gasteiger partial charge >= 0.3 is 0 Å². The molecular formula is C12H17NO3. The number of methoxy groups -OCH3 is 1. The molecule has 4 heteroatoms. The molecule has 0 radical (unpaired) electrons. The largest absolute Gasteiger partial charge is 0.486 e. The molecule has 1 aromatic carbocycles. The predicted octanol–water partition coefficient (Wildman–Crippen LogP) is 1.49. The van der Waals surface area contributed by atoms with E-state index in [9.17, 15) is 0 Å². The van der Waals surface area contributed by atoms with E-state index in [4.69, 9.17) is 19.9 Å². The monoisotopic (exact) mass is 223 g/mol. The van der Waals surface area contributed by atoms with Gasteiger partial charge in [0.25, 0.3) is 0 Å². The Bertz CT molecular complexity index is 354. The van der Waals surface area contributed by atoms with Crippen LogP contribution in [0.5, 0.6) is 11.5 Å². The van der Waals surface area contributed by atoms with E-state index in [2.05, 4.69) is 0 Å². The lowest BCUT2D eigenvalue weighted by atomic mass is 10.0. The number of nitrogens with two attached hydrogens (primary N) is 1. The molecule has 1 atom stereocenters. The van der Waals surface area contributed by atoms with Crippen LogP contribution in [0.1, 0.15) is 18.1 Å². The van der Waals surface area contributed by atoms with E-state index in [1.165, 1.54) is 0 Å². The van der Waals surface area contributed by atoms with Gasteiger partial charge in [0.05, 0.1) is 6.10 Å². The molecule has 1 aliphatic rings. The zero-order valence-electron chi connectivity index (χ0n) is 9.44. The van der Waals surface area contributed by atoms with Crippen molar-refractivity contribution in [3.8, 4) is 11.5 Å². The second-order valence-electron chi connectivity index (χ2n) is 3.67. The van der Waals surface area contributed by atoms with Gasteiger partial charge in [0.15, 0.2) is 11.5 Å². The number of hydrogen-bond donors (Lipinski definition) is 1. The Hall–Kier alpha value is -1.26. The van der Waals surface area contributed by atoms with Gasteiger partial charge in [-0.1, -0.05) is 12.1 Å². The Morgan fingerprint density at radius 2 is 2.19 bits per heavy atom. The van der Waals surface area contributed by atoms with Crippen LogP contribution in [0.15, 0.2) is 18.2 Å². The molecule has 1 heterocycles. The third-order valence-corrected chi connectivity index (χ3v) is 2.66. The van der Waals surface area contributed by atoms with Gasteiger partial charge in [-0.3, -0.25) is 0 Å². The summed E-state index contributed by atoms with van der Waals surface area (Å²) in [5.74, 6) is 1.59. The highest BCUT2D eigenvalue weighted by Gasteiger charge is 2.21. The fourth-order valence-corrected chi connectivity index (χ4v) is 1.90. The van der Waals surface area contributed by atoms with Gasteiger partial charge in [0.2, 0.25) is 0 Å². The van der Waals surface area contributed by atoms with Crippen LogP contribution < -0.4 is 15.2 Å². The lowest BCUT2D eigenvalue weighted by Gasteiger charge is -2.24. The highest BCUT2D eigenvalue weighted by molar-refractivity contribution is 5.48. The number of benzene rings is 1. The topological polar surface area (TPSA) is 53.7 Å². The Morgan fingerprint density at radius 3 is 2.94 bits per heavy atom. The van der Waals surface area contributed by atoms with Crippen molar-refractivity contribution < 1.29 is 14.2 Å². The Kier molecular flexibility index (Phi) is 3.64. The molecule has 0 fully saturated rings. The first-order valence-electron chi connectivity index (χ1n) is 5.48. The molecule has 0 amide bonds. The average Bonchev–Trinajstić information content (AvgIpc) is 2.35. The Morgan fingerprint density at radius 1 is 1.38 bits per heavy atom. The SMILES string of the molecule is COC(CCN)c1cccc2c1OCCO2. The molecular weight excluding hydrogens is 206 g/mol. The maximum absolute atomic E-state index is 5.64. The minimum atomic E-state index is -0.0262. The molecule has 2 rings (SSSR count). The van der Waals surface area contributed by atoms with Crippen LogP contribution in [0.2, 0.25) is 0 Å². The van der Waals surface area contributed by atoms with Crippen LogP contribution in [0.4, 0.5) is 0 Å². The fourth-order valence-electron chi connectivity index (χ4n) is 1.90. The summed E-state index contributed by atoms with van der Waals surface area (Å²) in [4.78, 5) is 0. The van der Waals surface area contributed by atoms with Crippen molar-refractivity contribution in [3.05, 3.63) is 23.8 Å². The summed E-state index contributed by atoms with van der Waals surface area (Å²) in [6, 6.07) is 5.86. The smallest absolute Gasteiger partial charge is 0.167 e. The van der Waals surface area contributed by atoms with E-state index in [0.29, 0.717) is 19.8 Å². The number of para-hydroxylation sites is 1. The van der Waals surface area contributed by atoms with Crippen LogP contribution in [-0.4, -0.2) is 26.9 Å². The highest BCUT2D eigenvalue weighted by Crippen LogP contribution is 2.38. The van der Waals surface area contributed by atoms with Gasteiger partial charge in [0.1, 0.15) is 13.2 Å². The van der Waals surface area contributed by atoms with Crippen molar-refractivity contribution in [1.29, 1.82) is 0 Å². The number of ether oxygens (including phenoxy) is 3. The summed E-state index contributed by atoms with van der Waals surface area (Å²) in [5.41, 5.74) is 6.58. The molecule has 0 aliphatic carbocycles. The van der Waals surface area contributed by atoms with Gasteiger partial charge in [-0.15, -0.1) is 0 Å². The normalized spacial score (nSPS) is 15.9. The molecule has 0 saturated carbocycles. The van der Waals surface area contributed by atoms with E-state index in [1.54, 1.807) is 7.11 Å². The lowest BCUT2D eigenvalue weighted by Crippen LogP contribution is -2.18. The number of rotatable bonds is 4. The zero-order chi connectivity index (χ0) is 11.4. The third-order valence-electron chi connectivity index (χ3n) is 2.66. The molecule has 4 nitrogen and oxygen atoms in total. The maximum atomic E-state index is 5.64. The van der Waals surface area contributed by atoms with E-state index in [1.807, 2.05) is 18.2 Å². The molecule has 0 aromatic heterocycles. The minimum absolute atomic E-state index is 0.0262. The minimum Gasteiger partial charge on any atom is -0.486 e. The molecule has 1 aliphatic heterocycles. The fraction of sp³-hybridized carbons (Fsp3) is 0.500. The molecule has 0 spiro atoms. The van der Waals surface area contributed by atoms with Crippen LogP contribution in [0.25, 0.3) is 0 Å². The first-order chi connectivity index (χ1) is 7.86. The van der Waals surface area contributed by atoms with Crippen LogP contribution in [0, 0.1) is 0 Å². The van der Waals surface area contributed by atoms with Crippen LogP contribution in [-0.2, 0) is 4.74 Å². The van der Waals surface area contributed by atoms with Crippen LogP contribution in [0.3, 0.4) is 0 Å². The van der Waals surface area contributed by atoms with Crippen molar-refractivity contribution in [2.45, 2.75) is 12.5 Å². The van der Waals surface area contributed by atoms with Gasteiger partial charge in [-0.2, -0.15) is 0 Å². The molecule has 1 unspecified atom stereocenters. The van der Waals surface area contributed by atoms with Crippen molar-refractivity contribution in [3.63, 3.8) is 0 Å². The first-order valence-corrected chi connectivity index (χ1v) is 5.48. The summed E-state index contributed by atoms with van der Waals surface area (Å²) < 4.78 is 16.6. The summed E-state index contributed by atoms with van der Waals surface area (Å²) in [6.45, 7) is 1.77. The standard InChI is InChI=1S/C12H17NO3/c1-14-10(5-6-13)9-3-2-4-11-12(9)16-8-7-15-11/h2-4,10H,5-8,13H2,1H3. The second-order valence-corrected chi connectivity index (χ2v) is 3.67. The lowest BCUT2D eigenvalue weighted by molar-refractivity contribution is 0.0900. The van der Waals surface area contributed by atoms with E-state index in [0.717, 1.165) is 23.5 Å². The van der Waals surface area contributed by atoms with Gasteiger partial charge < -0.3 is 19.9 Å². The van der Waals surface area contributed by atoms with Crippen LogP contribution >= 0.6 is 0 Å². The van der Waals surface area contributed by atoms with Gasteiger partial charge in [-0.05, 0) is 19.0 Å². The second kappa shape index (κ2) is 5.18. The summed E-state index contributed by atoms with van der Waals surface area (Å²) in [5, 5.41) is 0. The first kappa shape index (κ1) is 11.2. The van der Waals surface area contributed by atoms with Crippen molar-refractivity contribution >= 4 is 0 Å². The van der Waals surface area contributed by atoms with E-state index >= 15 is 0 Å². The Labute approximate surface area is 95.3 Å². The number of hydrogen-bond acceptors (Lipinski definition) is 4.